The van der Waals surface area contributed by atoms with Crippen LogP contribution >= 0.6 is 0 Å². The van der Waals surface area contributed by atoms with E-state index in [1.165, 1.54) is 23.3 Å². The second kappa shape index (κ2) is 29.5. The van der Waals surface area contributed by atoms with Gasteiger partial charge in [-0.15, -0.1) is 24.7 Å². The van der Waals surface area contributed by atoms with E-state index in [2.05, 4.69) is 99.2 Å². The van der Waals surface area contributed by atoms with E-state index < -0.39 is 28.9 Å². The Labute approximate surface area is 300 Å². The summed E-state index contributed by atoms with van der Waals surface area (Å²) in [5, 5.41) is 0. The molecule has 0 bridgehead atoms. The molecule has 0 fully saturated rings. The summed E-state index contributed by atoms with van der Waals surface area (Å²) in [4.78, 5) is 0. The molecule has 0 spiro atoms. The van der Waals surface area contributed by atoms with Crippen molar-refractivity contribution in [1.82, 2.24) is 0 Å². The fraction of sp³-hybridized carbons (Fsp3) is 0.364. The van der Waals surface area contributed by atoms with E-state index in [0.29, 0.717) is 0 Å². The zero-order valence-electron chi connectivity index (χ0n) is 32.0. The lowest BCUT2D eigenvalue weighted by Gasteiger charge is -2.38. The van der Waals surface area contributed by atoms with Gasteiger partial charge in [0.05, 0.1) is 0 Å². The molecule has 50 heavy (non-hydrogen) atoms. The minimum absolute atomic E-state index is 0.0858. The molecule has 0 aliphatic carbocycles. The predicted molar refractivity (Wildman–Crippen MR) is 205 cm³/mol. The molecular formula is C44H58F6. The molecule has 0 unspecified atom stereocenters. The largest absolute Gasteiger partial charge is 0.411 e. The molecule has 0 aromatic heterocycles. The Bertz CT molecular complexity index is 1270. The maximum Gasteiger partial charge on any atom is 0.411 e. The fourth-order valence-electron chi connectivity index (χ4n) is 4.23. The van der Waals surface area contributed by atoms with Crippen LogP contribution in [0.1, 0.15) is 105 Å². The van der Waals surface area contributed by atoms with E-state index >= 15 is 0 Å². The zero-order chi connectivity index (χ0) is 39.9. The van der Waals surface area contributed by atoms with Gasteiger partial charge in [-0.25, -0.2) is 0 Å². The summed E-state index contributed by atoms with van der Waals surface area (Å²) in [5.74, 6) is 4.50. The summed E-state index contributed by atoms with van der Waals surface area (Å²) in [6, 6.07) is 32.0. The van der Waals surface area contributed by atoms with Crippen LogP contribution < -0.4 is 0 Å². The van der Waals surface area contributed by atoms with Crippen molar-refractivity contribution in [3.05, 3.63) is 144 Å². The Morgan fingerprint density at radius 2 is 0.540 bits per heavy atom. The minimum Gasteiger partial charge on any atom is -0.169 e. The molecule has 0 amide bonds. The molecule has 4 aromatic rings. The summed E-state index contributed by atoms with van der Waals surface area (Å²) in [6.45, 7) is 23.8. The molecule has 4 rings (SSSR count). The van der Waals surface area contributed by atoms with Crippen LogP contribution in [0.4, 0.5) is 26.3 Å². The molecule has 0 nitrogen and oxygen atoms in total. The fourth-order valence-corrected chi connectivity index (χ4v) is 4.23. The number of hydrogen-bond donors (Lipinski definition) is 0. The first kappa shape index (κ1) is 52.4. The van der Waals surface area contributed by atoms with Crippen molar-refractivity contribution in [2.75, 3.05) is 0 Å². The SMILES string of the molecule is C#CC.C#CC.CC.CC.CC.CC.CC(C)(c1ccccc1)c1ccccc1.FC(F)(F)C(c1ccccc1)(c1ccccc1)C(F)(F)F. The molecule has 276 valence electrons. The van der Waals surface area contributed by atoms with Gasteiger partial charge >= 0.3 is 12.4 Å². The van der Waals surface area contributed by atoms with Crippen molar-refractivity contribution in [2.24, 2.45) is 0 Å². The van der Waals surface area contributed by atoms with Gasteiger partial charge in [0.1, 0.15) is 0 Å². The highest BCUT2D eigenvalue weighted by atomic mass is 19.4. The third-order valence-electron chi connectivity index (χ3n) is 6.25. The lowest BCUT2D eigenvalue weighted by Crippen LogP contribution is -2.54. The maximum atomic E-state index is 13.5. The number of hydrogen-bond acceptors (Lipinski definition) is 0. The first-order valence-corrected chi connectivity index (χ1v) is 16.9. The molecule has 0 N–H and O–H groups in total. The van der Waals surface area contributed by atoms with Crippen LogP contribution in [-0.2, 0) is 10.8 Å². The van der Waals surface area contributed by atoms with Crippen molar-refractivity contribution >= 4 is 0 Å². The number of terminal acetylenes is 2. The van der Waals surface area contributed by atoms with Crippen LogP contribution in [0.2, 0.25) is 0 Å². The average molecular weight is 701 g/mol. The van der Waals surface area contributed by atoms with Gasteiger partial charge in [0, 0.05) is 5.41 Å². The maximum absolute atomic E-state index is 13.5. The molecule has 0 atom stereocenters. The molecule has 0 radical (unpaired) electrons. The first-order chi connectivity index (χ1) is 23.7. The van der Waals surface area contributed by atoms with Gasteiger partial charge in [0.2, 0.25) is 5.41 Å². The van der Waals surface area contributed by atoms with E-state index in [1.807, 2.05) is 55.4 Å². The predicted octanol–water partition coefficient (Wildman–Crippen LogP) is 14.5. The molecule has 0 saturated heterocycles. The molecule has 0 saturated carbocycles. The molecule has 6 heteroatoms. The second-order valence-electron chi connectivity index (χ2n) is 9.41. The van der Waals surface area contributed by atoms with Gasteiger partial charge in [-0.2, -0.15) is 26.3 Å². The monoisotopic (exact) mass is 700 g/mol. The molecule has 0 heterocycles. The summed E-state index contributed by atoms with van der Waals surface area (Å²) in [7, 11) is 0. The summed E-state index contributed by atoms with van der Waals surface area (Å²) < 4.78 is 81.1. The highest BCUT2D eigenvalue weighted by Crippen LogP contribution is 2.56. The third-order valence-corrected chi connectivity index (χ3v) is 6.25. The van der Waals surface area contributed by atoms with Crippen molar-refractivity contribution in [3.8, 4) is 24.7 Å². The van der Waals surface area contributed by atoms with Gasteiger partial charge in [-0.3, -0.25) is 0 Å². The van der Waals surface area contributed by atoms with Crippen molar-refractivity contribution < 1.29 is 26.3 Å². The van der Waals surface area contributed by atoms with Crippen LogP contribution in [-0.4, -0.2) is 12.4 Å². The van der Waals surface area contributed by atoms with Gasteiger partial charge in [0.25, 0.3) is 0 Å². The average Bonchev–Trinajstić information content (AvgIpc) is 3.13. The Balaban J connectivity index is -0.000000318. The quantitative estimate of drug-likeness (QED) is 0.147. The molecule has 0 aliphatic heterocycles. The summed E-state index contributed by atoms with van der Waals surface area (Å²) in [5.41, 5.74) is -2.94. The topological polar surface area (TPSA) is 0 Å². The van der Waals surface area contributed by atoms with Crippen LogP contribution in [0.15, 0.2) is 121 Å². The van der Waals surface area contributed by atoms with E-state index in [-0.39, 0.29) is 5.41 Å². The van der Waals surface area contributed by atoms with Crippen molar-refractivity contribution in [1.29, 1.82) is 0 Å². The van der Waals surface area contributed by atoms with Crippen LogP contribution in [0.5, 0.6) is 0 Å². The number of halogens is 6. The Morgan fingerprint density at radius 1 is 0.380 bits per heavy atom. The van der Waals surface area contributed by atoms with E-state index in [9.17, 15) is 26.3 Å². The Morgan fingerprint density at radius 3 is 0.700 bits per heavy atom. The van der Waals surface area contributed by atoms with Crippen LogP contribution in [0.3, 0.4) is 0 Å². The number of benzene rings is 4. The van der Waals surface area contributed by atoms with Crippen LogP contribution in [0.25, 0.3) is 0 Å². The van der Waals surface area contributed by atoms with Crippen molar-refractivity contribution in [3.63, 3.8) is 0 Å². The first-order valence-electron chi connectivity index (χ1n) is 16.9. The highest BCUT2D eigenvalue weighted by molar-refractivity contribution is 5.44. The van der Waals surface area contributed by atoms with Gasteiger partial charge in [0.15, 0.2) is 0 Å². The third kappa shape index (κ3) is 16.3. The Kier molecular flexibility index (Phi) is 30.9. The van der Waals surface area contributed by atoms with Crippen LogP contribution in [0, 0.1) is 24.7 Å². The van der Waals surface area contributed by atoms with Gasteiger partial charge < -0.3 is 0 Å². The molecular weight excluding hydrogens is 642 g/mol. The van der Waals surface area contributed by atoms with Crippen molar-refractivity contribution in [2.45, 2.75) is 106 Å². The lowest BCUT2D eigenvalue weighted by atomic mass is 9.73. The normalized spacial score (nSPS) is 9.76. The lowest BCUT2D eigenvalue weighted by molar-refractivity contribution is -0.288. The van der Waals surface area contributed by atoms with Gasteiger partial charge in [-0.05, 0) is 36.1 Å². The smallest absolute Gasteiger partial charge is 0.169 e. The summed E-state index contributed by atoms with van der Waals surface area (Å²) in [6.07, 6.45) is -1.85. The standard InChI is InChI=1S/C15H10F6.C15H16.2C3H4.4C2H6/c16-14(17,18)13(15(19,20)21,11-7-3-1-4-8-11)12-9-5-2-6-10-12;1-15(2,13-9-5-3-6-10-13)14-11-7-4-8-12-14;2*1-3-2;4*1-2/h1-10H;3-12H,1-2H3;2*1H,2H3;4*1-2H3. The second-order valence-corrected chi connectivity index (χ2v) is 9.41. The molecule has 4 aromatic carbocycles. The summed E-state index contributed by atoms with van der Waals surface area (Å²) >= 11 is 0. The number of rotatable bonds is 4. The zero-order valence-corrected chi connectivity index (χ0v) is 32.0. The molecule has 0 aliphatic rings. The van der Waals surface area contributed by atoms with E-state index in [4.69, 9.17) is 0 Å². The highest BCUT2D eigenvalue weighted by Gasteiger charge is 2.72. The van der Waals surface area contributed by atoms with E-state index in [0.717, 1.165) is 48.5 Å². The Hall–Kier alpha value is -4.42. The minimum atomic E-state index is -5.52. The van der Waals surface area contributed by atoms with E-state index in [1.54, 1.807) is 13.8 Å². The number of alkyl halides is 6. The van der Waals surface area contributed by atoms with Gasteiger partial charge in [-0.1, -0.05) is 191 Å².